The van der Waals surface area contributed by atoms with Gasteiger partial charge in [-0.05, 0) is 60.7 Å². The first-order chi connectivity index (χ1) is 16.0. The lowest BCUT2D eigenvalue weighted by atomic mass is 9.74. The molecule has 1 heterocycles. The van der Waals surface area contributed by atoms with E-state index >= 15 is 0 Å². The molecule has 1 aliphatic heterocycles. The molecule has 0 saturated carbocycles. The second-order valence-corrected chi connectivity index (χ2v) is 8.79. The Hall–Kier alpha value is -3.31. The molecule has 0 unspecified atom stereocenters. The van der Waals surface area contributed by atoms with Crippen LogP contribution in [0.15, 0.2) is 72.8 Å². The molecule has 1 fully saturated rings. The fourth-order valence-electron chi connectivity index (χ4n) is 4.95. The van der Waals surface area contributed by atoms with E-state index in [1.807, 2.05) is 60.7 Å². The molecule has 4 rings (SSSR count). The summed E-state index contributed by atoms with van der Waals surface area (Å²) in [5, 5.41) is 10.4. The summed E-state index contributed by atoms with van der Waals surface area (Å²) < 4.78 is 10.9. The number of piperidine rings is 1. The van der Waals surface area contributed by atoms with E-state index in [1.54, 1.807) is 14.2 Å². The van der Waals surface area contributed by atoms with Gasteiger partial charge in [-0.15, -0.1) is 0 Å². The smallest absolute Gasteiger partial charge is 0.311 e. The zero-order valence-electron chi connectivity index (χ0n) is 19.3. The maximum Gasteiger partial charge on any atom is 0.311 e. The third-order valence-electron chi connectivity index (χ3n) is 6.59. The van der Waals surface area contributed by atoms with Crippen LogP contribution in [0.5, 0.6) is 11.5 Å². The van der Waals surface area contributed by atoms with Gasteiger partial charge in [0.05, 0.1) is 19.6 Å². The molecule has 33 heavy (non-hydrogen) atoms. The molecule has 0 aromatic heterocycles. The van der Waals surface area contributed by atoms with Crippen molar-refractivity contribution in [2.75, 3.05) is 27.3 Å². The molecule has 5 heteroatoms. The fourth-order valence-corrected chi connectivity index (χ4v) is 4.95. The van der Waals surface area contributed by atoms with Gasteiger partial charge in [-0.25, -0.2) is 0 Å². The normalized spacial score (nSPS) is 18.6. The van der Waals surface area contributed by atoms with Crippen molar-refractivity contribution in [3.63, 3.8) is 0 Å². The second-order valence-electron chi connectivity index (χ2n) is 8.79. The number of methoxy groups -OCH3 is 2. The van der Waals surface area contributed by atoms with Crippen LogP contribution in [0.25, 0.3) is 11.1 Å². The third kappa shape index (κ3) is 5.04. The molecule has 172 valence electrons. The highest BCUT2D eigenvalue weighted by Crippen LogP contribution is 2.39. The van der Waals surface area contributed by atoms with Crippen LogP contribution in [0.3, 0.4) is 0 Å². The van der Waals surface area contributed by atoms with E-state index in [0.717, 1.165) is 46.7 Å². The van der Waals surface area contributed by atoms with Crippen LogP contribution < -0.4 is 9.47 Å². The second kappa shape index (κ2) is 10.1. The van der Waals surface area contributed by atoms with Gasteiger partial charge >= 0.3 is 5.97 Å². The molecule has 0 radical (unpaired) electrons. The van der Waals surface area contributed by atoms with Crippen molar-refractivity contribution in [2.24, 2.45) is 5.41 Å². The predicted molar refractivity (Wildman–Crippen MR) is 130 cm³/mol. The van der Waals surface area contributed by atoms with E-state index in [0.29, 0.717) is 25.9 Å². The summed E-state index contributed by atoms with van der Waals surface area (Å²) in [5.41, 5.74) is 3.34. The van der Waals surface area contributed by atoms with Crippen molar-refractivity contribution in [1.82, 2.24) is 4.90 Å². The number of hydrogen-bond donors (Lipinski definition) is 1. The summed E-state index contributed by atoms with van der Waals surface area (Å²) in [7, 11) is 3.33. The van der Waals surface area contributed by atoms with E-state index < -0.39 is 11.4 Å². The van der Waals surface area contributed by atoms with Crippen molar-refractivity contribution in [2.45, 2.75) is 25.8 Å². The number of carboxylic acids is 1. The number of likely N-dealkylation sites (tertiary alicyclic amines) is 1. The minimum absolute atomic E-state index is 0.477. The number of aliphatic carboxylic acids is 1. The summed E-state index contributed by atoms with van der Waals surface area (Å²) in [5.74, 6) is 0.880. The number of carbonyl (C=O) groups is 1. The minimum Gasteiger partial charge on any atom is -0.497 e. The van der Waals surface area contributed by atoms with Gasteiger partial charge in [0.1, 0.15) is 11.5 Å². The molecule has 3 aromatic rings. The highest BCUT2D eigenvalue weighted by molar-refractivity contribution is 5.78. The average Bonchev–Trinajstić information content (AvgIpc) is 2.84. The molecule has 0 spiro atoms. The summed E-state index contributed by atoms with van der Waals surface area (Å²) >= 11 is 0. The monoisotopic (exact) mass is 445 g/mol. The first kappa shape index (κ1) is 22.9. The molecule has 1 saturated heterocycles. The Balaban J connectivity index is 1.62. The van der Waals surface area contributed by atoms with E-state index in [1.165, 1.54) is 0 Å². The van der Waals surface area contributed by atoms with E-state index in [4.69, 9.17) is 9.47 Å². The van der Waals surface area contributed by atoms with Crippen molar-refractivity contribution < 1.29 is 19.4 Å². The van der Waals surface area contributed by atoms with Crippen LogP contribution in [0.1, 0.15) is 24.0 Å². The Kier molecular flexibility index (Phi) is 6.99. The van der Waals surface area contributed by atoms with Crippen molar-refractivity contribution in [3.05, 3.63) is 83.9 Å². The number of hydrogen-bond acceptors (Lipinski definition) is 4. The summed E-state index contributed by atoms with van der Waals surface area (Å²) in [6.07, 6.45) is 2.00. The maximum atomic E-state index is 12.7. The first-order valence-electron chi connectivity index (χ1n) is 11.3. The predicted octanol–water partition coefficient (Wildman–Crippen LogP) is 5.28. The van der Waals surface area contributed by atoms with E-state index in [2.05, 4.69) is 17.0 Å². The molecule has 1 aliphatic rings. The van der Waals surface area contributed by atoms with Gasteiger partial charge in [0, 0.05) is 18.7 Å². The Labute approximate surface area is 195 Å². The largest absolute Gasteiger partial charge is 0.497 e. The summed E-state index contributed by atoms with van der Waals surface area (Å²) in [4.78, 5) is 14.9. The average molecular weight is 446 g/mol. The van der Waals surface area contributed by atoms with E-state index in [-0.39, 0.29) is 0 Å². The highest BCUT2D eigenvalue weighted by atomic mass is 16.5. The summed E-state index contributed by atoms with van der Waals surface area (Å²) in [6.45, 7) is 2.11. The third-order valence-corrected chi connectivity index (χ3v) is 6.59. The number of carboxylic acid groups (broad SMARTS) is 1. The number of rotatable bonds is 8. The molecule has 5 nitrogen and oxygen atoms in total. The lowest BCUT2D eigenvalue weighted by Crippen LogP contribution is -2.48. The zero-order valence-corrected chi connectivity index (χ0v) is 19.3. The molecule has 1 N–H and O–H groups in total. The number of benzene rings is 3. The van der Waals surface area contributed by atoms with Gasteiger partial charge in [0.25, 0.3) is 0 Å². The van der Waals surface area contributed by atoms with Crippen LogP contribution in [-0.4, -0.2) is 43.3 Å². The standard InChI is InChI=1S/C28H31NO4/c1-32-23-11-7-9-21(17-23)19-29-16-8-15-28(20-29,27(30)31)18-22-10-3-4-12-24(22)25-13-5-6-14-26(25)33-2/h3-7,9-14,17H,8,15-16,18-20H2,1-2H3,(H,30,31)/t28-/m0/s1. The Morgan fingerprint density at radius 1 is 0.970 bits per heavy atom. The molecular formula is C28H31NO4. The number of ether oxygens (including phenoxy) is 2. The van der Waals surface area contributed by atoms with Crippen LogP contribution in [0.2, 0.25) is 0 Å². The quantitative estimate of drug-likeness (QED) is 0.511. The van der Waals surface area contributed by atoms with Gasteiger partial charge in [0.2, 0.25) is 0 Å². The SMILES string of the molecule is COc1cccc(CN2CCC[C@@](Cc3ccccc3-c3ccccc3OC)(C(=O)O)C2)c1. The molecule has 3 aromatic carbocycles. The van der Waals surface area contributed by atoms with Gasteiger partial charge in [-0.2, -0.15) is 0 Å². The van der Waals surface area contributed by atoms with Gasteiger partial charge in [0.15, 0.2) is 0 Å². The number of para-hydroxylation sites is 1. The topological polar surface area (TPSA) is 59.0 Å². The Morgan fingerprint density at radius 3 is 2.48 bits per heavy atom. The Morgan fingerprint density at radius 2 is 1.73 bits per heavy atom. The minimum atomic E-state index is -0.838. The lowest BCUT2D eigenvalue weighted by molar-refractivity contribution is -0.152. The van der Waals surface area contributed by atoms with Crippen LogP contribution in [0.4, 0.5) is 0 Å². The molecule has 0 bridgehead atoms. The van der Waals surface area contributed by atoms with Crippen molar-refractivity contribution in [1.29, 1.82) is 0 Å². The van der Waals surface area contributed by atoms with E-state index in [9.17, 15) is 9.90 Å². The van der Waals surface area contributed by atoms with Gasteiger partial charge in [-0.1, -0.05) is 54.6 Å². The maximum absolute atomic E-state index is 12.7. The van der Waals surface area contributed by atoms with Gasteiger partial charge < -0.3 is 14.6 Å². The Bertz CT molecular complexity index is 1110. The molecule has 0 aliphatic carbocycles. The summed E-state index contributed by atoms with van der Waals surface area (Å²) in [6, 6.07) is 24.0. The van der Waals surface area contributed by atoms with Gasteiger partial charge in [-0.3, -0.25) is 9.69 Å². The molecular weight excluding hydrogens is 414 g/mol. The number of nitrogens with zero attached hydrogens (tertiary/aromatic N) is 1. The van der Waals surface area contributed by atoms with Crippen LogP contribution in [0, 0.1) is 5.41 Å². The van der Waals surface area contributed by atoms with Crippen molar-refractivity contribution >= 4 is 5.97 Å². The lowest BCUT2D eigenvalue weighted by Gasteiger charge is -2.40. The van der Waals surface area contributed by atoms with Crippen molar-refractivity contribution in [3.8, 4) is 22.6 Å². The fraction of sp³-hybridized carbons (Fsp3) is 0.321. The van der Waals surface area contributed by atoms with Crippen LogP contribution in [-0.2, 0) is 17.8 Å². The highest BCUT2D eigenvalue weighted by Gasteiger charge is 2.42. The zero-order chi connectivity index (χ0) is 23.3. The molecule has 1 atom stereocenters. The van der Waals surface area contributed by atoms with Crippen LogP contribution >= 0.6 is 0 Å². The molecule has 0 amide bonds. The first-order valence-corrected chi connectivity index (χ1v) is 11.3.